The Morgan fingerprint density at radius 3 is 2.60 bits per heavy atom. The molecule has 1 aromatic heterocycles. The van der Waals surface area contributed by atoms with Crippen molar-refractivity contribution in [3.05, 3.63) is 18.5 Å². The van der Waals surface area contributed by atoms with Gasteiger partial charge in [0.05, 0.1) is 5.69 Å². The first-order valence-corrected chi connectivity index (χ1v) is 8.64. The quantitative estimate of drug-likeness (QED) is 0.927. The summed E-state index contributed by atoms with van der Waals surface area (Å²) in [5.74, 6) is 0. The first-order chi connectivity index (χ1) is 9.48. The van der Waals surface area contributed by atoms with Crippen molar-refractivity contribution in [3.8, 4) is 0 Å². The van der Waals surface area contributed by atoms with Gasteiger partial charge in [0.25, 0.3) is 0 Å². The highest BCUT2D eigenvalue weighted by Gasteiger charge is 2.36. The van der Waals surface area contributed by atoms with E-state index in [-0.39, 0.29) is 17.0 Å². The first kappa shape index (κ1) is 15.3. The van der Waals surface area contributed by atoms with Crippen molar-refractivity contribution in [2.45, 2.75) is 57.0 Å². The van der Waals surface area contributed by atoms with Gasteiger partial charge in [-0.05, 0) is 39.7 Å². The Hall–Kier alpha value is -1.14. The van der Waals surface area contributed by atoms with Crippen molar-refractivity contribution in [2.24, 2.45) is 0 Å². The molecule has 0 aromatic carbocycles. The highest BCUT2D eigenvalue weighted by Crippen LogP contribution is 2.32. The van der Waals surface area contributed by atoms with Crippen LogP contribution in [0.15, 0.2) is 23.4 Å². The Morgan fingerprint density at radius 1 is 1.35 bits per heavy atom. The maximum Gasteiger partial charge on any atom is 0.247 e. The molecule has 0 radical (unpaired) electrons. The summed E-state index contributed by atoms with van der Waals surface area (Å²) in [4.78, 5) is 4.27. The van der Waals surface area contributed by atoms with Crippen molar-refractivity contribution >= 4 is 15.7 Å². The molecule has 2 atom stereocenters. The van der Waals surface area contributed by atoms with E-state index in [1.54, 1.807) is 16.6 Å². The van der Waals surface area contributed by atoms with Crippen LogP contribution in [0.4, 0.5) is 5.69 Å². The number of sulfonamides is 1. The van der Waals surface area contributed by atoms with Crippen molar-refractivity contribution in [3.63, 3.8) is 0 Å². The van der Waals surface area contributed by atoms with E-state index in [1.165, 1.54) is 6.20 Å². The lowest BCUT2D eigenvalue weighted by atomic mass is 10.0. The zero-order valence-corrected chi connectivity index (χ0v) is 13.2. The van der Waals surface area contributed by atoms with E-state index in [9.17, 15) is 8.42 Å². The van der Waals surface area contributed by atoms with E-state index in [0.717, 1.165) is 19.3 Å². The van der Waals surface area contributed by atoms with Gasteiger partial charge in [-0.2, -0.15) is 4.31 Å². The molecule has 0 amide bonds. The van der Waals surface area contributed by atoms with Gasteiger partial charge < -0.3 is 5.32 Å². The summed E-state index contributed by atoms with van der Waals surface area (Å²) in [6.07, 6.45) is 5.98. The number of nitrogens with one attached hydrogen (secondary N) is 1. The Labute approximate surface area is 121 Å². The first-order valence-electron chi connectivity index (χ1n) is 7.20. The normalized spacial score (nSPS) is 24.6. The predicted octanol–water partition coefficient (Wildman–Crippen LogP) is 2.47. The molecule has 0 spiro atoms. The van der Waals surface area contributed by atoms with Crippen LogP contribution in [0.3, 0.4) is 0 Å². The summed E-state index contributed by atoms with van der Waals surface area (Å²) in [6.45, 7) is 6.59. The Bertz CT molecular complexity index is 549. The summed E-state index contributed by atoms with van der Waals surface area (Å²) < 4.78 is 27.5. The van der Waals surface area contributed by atoms with E-state index in [2.05, 4.69) is 10.3 Å². The van der Waals surface area contributed by atoms with E-state index in [0.29, 0.717) is 12.2 Å². The van der Waals surface area contributed by atoms with Gasteiger partial charge in [-0.3, -0.25) is 4.98 Å². The molecule has 1 N–H and O–H groups in total. The lowest BCUT2D eigenvalue weighted by molar-refractivity contribution is 0.204. The van der Waals surface area contributed by atoms with E-state index < -0.39 is 10.0 Å². The highest BCUT2D eigenvalue weighted by molar-refractivity contribution is 7.89. The molecule has 1 fully saturated rings. The van der Waals surface area contributed by atoms with Crippen molar-refractivity contribution in [1.29, 1.82) is 0 Å². The summed E-state index contributed by atoms with van der Waals surface area (Å²) in [5.41, 5.74) is 0.632. The van der Waals surface area contributed by atoms with Crippen molar-refractivity contribution in [1.82, 2.24) is 9.29 Å². The second-order valence-corrected chi connectivity index (χ2v) is 7.18. The molecule has 1 aliphatic heterocycles. The van der Waals surface area contributed by atoms with Crippen LogP contribution in [-0.4, -0.2) is 36.3 Å². The van der Waals surface area contributed by atoms with Gasteiger partial charge in [0.2, 0.25) is 10.0 Å². The molecule has 5 nitrogen and oxygen atoms in total. The SMILES string of the molecule is CCNc1ccncc1S(=O)(=O)N1C(C)CCCC1C. The average molecular weight is 297 g/mol. The van der Waals surface area contributed by atoms with Gasteiger partial charge in [0, 0.05) is 31.0 Å². The van der Waals surface area contributed by atoms with Crippen LogP contribution in [0, 0.1) is 0 Å². The van der Waals surface area contributed by atoms with Crippen LogP contribution in [0.1, 0.15) is 40.0 Å². The lowest BCUT2D eigenvalue weighted by Gasteiger charge is -2.37. The molecule has 6 heteroatoms. The number of anilines is 1. The standard InChI is InChI=1S/C14H23N3O2S/c1-4-16-13-8-9-15-10-14(13)20(18,19)17-11(2)6-5-7-12(17)3/h8-12H,4-7H2,1-3H3,(H,15,16). The fourth-order valence-corrected chi connectivity index (χ4v) is 4.90. The third-order valence-corrected chi connectivity index (χ3v) is 5.98. The van der Waals surface area contributed by atoms with Gasteiger partial charge in [-0.1, -0.05) is 6.42 Å². The third kappa shape index (κ3) is 2.81. The number of rotatable bonds is 4. The van der Waals surface area contributed by atoms with Crippen LogP contribution >= 0.6 is 0 Å². The number of pyridine rings is 1. The second kappa shape index (κ2) is 6.10. The number of aromatic nitrogens is 1. The predicted molar refractivity (Wildman–Crippen MR) is 80.2 cm³/mol. The van der Waals surface area contributed by atoms with Crippen molar-refractivity contribution in [2.75, 3.05) is 11.9 Å². The molecule has 1 saturated heterocycles. The largest absolute Gasteiger partial charge is 0.384 e. The Morgan fingerprint density at radius 2 is 2.00 bits per heavy atom. The molecule has 0 aliphatic carbocycles. The highest BCUT2D eigenvalue weighted by atomic mass is 32.2. The average Bonchev–Trinajstić information content (AvgIpc) is 2.39. The zero-order chi connectivity index (χ0) is 14.8. The van der Waals surface area contributed by atoms with Gasteiger partial charge in [-0.25, -0.2) is 8.42 Å². The molecule has 2 unspecified atom stereocenters. The smallest absolute Gasteiger partial charge is 0.247 e. The van der Waals surface area contributed by atoms with E-state index >= 15 is 0 Å². The third-order valence-electron chi connectivity index (χ3n) is 3.82. The zero-order valence-electron chi connectivity index (χ0n) is 12.3. The van der Waals surface area contributed by atoms with Crippen molar-refractivity contribution < 1.29 is 8.42 Å². The molecule has 2 heterocycles. The van der Waals surface area contributed by atoms with E-state index in [1.807, 2.05) is 20.8 Å². The number of piperidine rings is 1. The maximum atomic E-state index is 12.9. The molecule has 2 rings (SSSR count). The minimum atomic E-state index is -3.50. The van der Waals surface area contributed by atoms with Crippen LogP contribution in [0.2, 0.25) is 0 Å². The maximum absolute atomic E-state index is 12.9. The molecule has 0 saturated carbocycles. The second-order valence-electron chi connectivity index (χ2n) is 5.37. The lowest BCUT2D eigenvalue weighted by Crippen LogP contribution is -2.47. The van der Waals surface area contributed by atoms with Gasteiger partial charge in [0.1, 0.15) is 4.90 Å². The molecular formula is C14H23N3O2S. The minimum Gasteiger partial charge on any atom is -0.384 e. The molecule has 0 bridgehead atoms. The van der Waals surface area contributed by atoms with Gasteiger partial charge in [0.15, 0.2) is 0 Å². The fourth-order valence-electron chi connectivity index (χ4n) is 2.91. The topological polar surface area (TPSA) is 62.3 Å². The Kier molecular flexibility index (Phi) is 4.65. The summed E-state index contributed by atoms with van der Waals surface area (Å²) in [7, 11) is -3.50. The van der Waals surface area contributed by atoms with Gasteiger partial charge >= 0.3 is 0 Å². The summed E-state index contributed by atoms with van der Waals surface area (Å²) >= 11 is 0. The summed E-state index contributed by atoms with van der Waals surface area (Å²) in [5, 5.41) is 3.11. The number of hydrogen-bond donors (Lipinski definition) is 1. The summed E-state index contributed by atoms with van der Waals surface area (Å²) in [6, 6.07) is 1.80. The van der Waals surface area contributed by atoms with Crippen LogP contribution < -0.4 is 5.32 Å². The molecule has 112 valence electrons. The van der Waals surface area contributed by atoms with Crippen LogP contribution in [-0.2, 0) is 10.0 Å². The monoisotopic (exact) mass is 297 g/mol. The molecule has 20 heavy (non-hydrogen) atoms. The van der Waals surface area contributed by atoms with Crippen LogP contribution in [0.25, 0.3) is 0 Å². The minimum absolute atomic E-state index is 0.0402. The molecular weight excluding hydrogens is 274 g/mol. The molecule has 1 aromatic rings. The number of hydrogen-bond acceptors (Lipinski definition) is 4. The van der Waals surface area contributed by atoms with Crippen LogP contribution in [0.5, 0.6) is 0 Å². The molecule has 1 aliphatic rings. The van der Waals surface area contributed by atoms with E-state index in [4.69, 9.17) is 0 Å². The fraction of sp³-hybridized carbons (Fsp3) is 0.643. The Balaban J connectivity index is 2.44. The van der Waals surface area contributed by atoms with Gasteiger partial charge in [-0.15, -0.1) is 0 Å². The number of nitrogens with zero attached hydrogens (tertiary/aromatic N) is 2.